The second-order valence-electron chi connectivity index (χ2n) is 9.36. The van der Waals surface area contributed by atoms with Crippen molar-refractivity contribution >= 4 is 22.6 Å². The number of methoxy groups -OCH3 is 1. The van der Waals surface area contributed by atoms with E-state index in [1.54, 1.807) is 12.0 Å². The molecule has 4 aromatic rings. The van der Waals surface area contributed by atoms with E-state index in [1.807, 2.05) is 85.1 Å². The number of hydrogen-bond donors (Lipinski definition) is 1. The average molecular weight is 486 g/mol. The first-order valence-electron chi connectivity index (χ1n) is 12.2. The summed E-state index contributed by atoms with van der Waals surface area (Å²) in [7, 11) is 1.62. The maximum atomic E-state index is 13.0. The Hall–Kier alpha value is -3.84. The third kappa shape index (κ3) is 4.66. The van der Waals surface area contributed by atoms with Crippen molar-refractivity contribution in [2.24, 2.45) is 0 Å². The number of hydrogen-bond acceptors (Lipinski definition) is 5. The lowest BCUT2D eigenvalue weighted by Crippen LogP contribution is -2.26. The maximum Gasteiger partial charge on any atom is 0.227 e. The third-order valence-electron chi connectivity index (χ3n) is 6.76. The Morgan fingerprint density at radius 2 is 1.81 bits per heavy atom. The molecule has 1 fully saturated rings. The molecule has 2 atom stereocenters. The number of rotatable bonds is 8. The van der Waals surface area contributed by atoms with Gasteiger partial charge in [0.1, 0.15) is 30.0 Å². The number of anilines is 1. The summed E-state index contributed by atoms with van der Waals surface area (Å²) in [6.07, 6.45) is -0.387. The van der Waals surface area contributed by atoms with Crippen molar-refractivity contribution in [2.45, 2.75) is 38.8 Å². The zero-order valence-corrected chi connectivity index (χ0v) is 20.8. The highest BCUT2D eigenvalue weighted by molar-refractivity contribution is 5.96. The first kappa shape index (κ1) is 23.9. The van der Waals surface area contributed by atoms with Crippen LogP contribution in [0, 0.1) is 13.8 Å². The first-order chi connectivity index (χ1) is 17.4. The quantitative estimate of drug-likeness (QED) is 0.394. The van der Waals surface area contributed by atoms with Crippen molar-refractivity contribution in [3.8, 4) is 11.5 Å². The minimum absolute atomic E-state index is 0.0470. The third-order valence-corrected chi connectivity index (χ3v) is 6.76. The molecule has 0 saturated carbocycles. The molecular weight excluding hydrogens is 454 g/mol. The van der Waals surface area contributed by atoms with Crippen LogP contribution in [0.3, 0.4) is 0 Å². The van der Waals surface area contributed by atoms with Crippen LogP contribution < -0.4 is 14.4 Å². The van der Waals surface area contributed by atoms with Crippen molar-refractivity contribution < 1.29 is 19.4 Å². The van der Waals surface area contributed by atoms with Gasteiger partial charge >= 0.3 is 0 Å². The van der Waals surface area contributed by atoms with E-state index in [4.69, 9.17) is 14.5 Å². The number of imidazole rings is 1. The predicted molar refractivity (Wildman–Crippen MR) is 140 cm³/mol. The molecule has 0 spiro atoms. The van der Waals surface area contributed by atoms with Crippen LogP contribution in [-0.2, 0) is 11.3 Å². The Morgan fingerprint density at radius 1 is 1.06 bits per heavy atom. The number of benzene rings is 3. The maximum absolute atomic E-state index is 13.0. The second-order valence-corrected chi connectivity index (χ2v) is 9.36. The molecule has 7 nitrogen and oxygen atoms in total. The molecule has 1 N–H and O–H groups in total. The summed E-state index contributed by atoms with van der Waals surface area (Å²) in [5.41, 5.74) is 4.68. The van der Waals surface area contributed by atoms with Crippen molar-refractivity contribution in [1.29, 1.82) is 0 Å². The summed E-state index contributed by atoms with van der Waals surface area (Å²) in [6.45, 7) is 5.01. The number of carbonyl (C=O) groups is 1. The van der Waals surface area contributed by atoms with Crippen molar-refractivity contribution in [2.75, 3.05) is 25.2 Å². The fourth-order valence-corrected chi connectivity index (χ4v) is 4.98. The summed E-state index contributed by atoms with van der Waals surface area (Å²) in [6, 6.07) is 21.4. The summed E-state index contributed by atoms with van der Waals surface area (Å²) in [5.74, 6) is 2.28. The van der Waals surface area contributed by atoms with E-state index in [2.05, 4.69) is 0 Å². The number of amides is 1. The Morgan fingerprint density at radius 3 is 2.58 bits per heavy atom. The van der Waals surface area contributed by atoms with Crippen LogP contribution in [0.1, 0.15) is 29.3 Å². The molecular formula is C29H31N3O4. The minimum Gasteiger partial charge on any atom is -0.497 e. The number of carbonyl (C=O) groups excluding carboxylic acids is 1. The molecule has 2 heterocycles. The zero-order valence-electron chi connectivity index (χ0n) is 20.8. The lowest BCUT2D eigenvalue weighted by Gasteiger charge is -2.20. The number of aromatic nitrogens is 2. The topological polar surface area (TPSA) is 76.8 Å². The SMILES string of the molecule is COc1cccc(N2C[C@H](c3nc4ccccc4n3C[C@H](O)COc3c(C)cccc3C)CC2=O)c1. The molecule has 0 bridgehead atoms. The molecule has 7 heteroatoms. The molecule has 1 aliphatic rings. The highest BCUT2D eigenvalue weighted by Gasteiger charge is 2.35. The lowest BCUT2D eigenvalue weighted by molar-refractivity contribution is -0.117. The first-order valence-corrected chi connectivity index (χ1v) is 12.2. The highest BCUT2D eigenvalue weighted by atomic mass is 16.5. The van der Waals surface area contributed by atoms with E-state index in [0.717, 1.165) is 39.4 Å². The van der Waals surface area contributed by atoms with Crippen molar-refractivity contribution in [3.63, 3.8) is 0 Å². The fraction of sp³-hybridized carbons (Fsp3) is 0.310. The monoisotopic (exact) mass is 485 g/mol. The molecule has 0 aliphatic carbocycles. The molecule has 36 heavy (non-hydrogen) atoms. The number of nitrogens with zero attached hydrogens (tertiary/aromatic N) is 3. The van der Waals surface area contributed by atoms with Gasteiger partial charge in [0.15, 0.2) is 0 Å². The van der Waals surface area contributed by atoms with Gasteiger partial charge in [-0.3, -0.25) is 4.79 Å². The van der Waals surface area contributed by atoms with Gasteiger partial charge in [-0.2, -0.15) is 0 Å². The van der Waals surface area contributed by atoms with Gasteiger partial charge in [0.2, 0.25) is 5.91 Å². The Labute approximate surface area is 210 Å². The van der Waals surface area contributed by atoms with Crippen LogP contribution in [0.4, 0.5) is 5.69 Å². The molecule has 1 aliphatic heterocycles. The van der Waals surface area contributed by atoms with E-state index < -0.39 is 6.10 Å². The zero-order chi connectivity index (χ0) is 25.2. The number of ether oxygens (including phenoxy) is 2. The van der Waals surface area contributed by atoms with Gasteiger partial charge in [-0.15, -0.1) is 0 Å². The smallest absolute Gasteiger partial charge is 0.227 e. The molecule has 0 unspecified atom stereocenters. The number of aryl methyl sites for hydroxylation is 2. The molecule has 1 aromatic heterocycles. The normalized spacial score (nSPS) is 16.5. The van der Waals surface area contributed by atoms with Gasteiger partial charge in [-0.1, -0.05) is 36.4 Å². The summed E-state index contributed by atoms with van der Waals surface area (Å²) >= 11 is 0. The molecule has 3 aromatic carbocycles. The number of fused-ring (bicyclic) bond motifs is 1. The van der Waals surface area contributed by atoms with Gasteiger partial charge in [-0.25, -0.2) is 4.98 Å². The predicted octanol–water partition coefficient (Wildman–Crippen LogP) is 4.62. The van der Waals surface area contributed by atoms with Crippen LogP contribution >= 0.6 is 0 Å². The molecule has 0 radical (unpaired) electrons. The van der Waals surface area contributed by atoms with Crippen LogP contribution in [0.25, 0.3) is 11.0 Å². The Balaban J connectivity index is 1.39. The minimum atomic E-state index is -0.744. The second kappa shape index (κ2) is 10.0. The van der Waals surface area contributed by atoms with Crippen LogP contribution in [0.2, 0.25) is 0 Å². The molecule has 186 valence electrons. The number of aliphatic hydroxyl groups is 1. The number of aliphatic hydroxyl groups excluding tert-OH is 1. The molecule has 1 saturated heterocycles. The van der Waals surface area contributed by atoms with Gasteiger partial charge < -0.3 is 24.0 Å². The Kier molecular flexibility index (Phi) is 6.65. The van der Waals surface area contributed by atoms with Crippen molar-refractivity contribution in [1.82, 2.24) is 9.55 Å². The average Bonchev–Trinajstić information content (AvgIpc) is 3.44. The van der Waals surface area contributed by atoms with E-state index in [1.165, 1.54) is 0 Å². The van der Waals surface area contributed by atoms with Crippen LogP contribution in [-0.4, -0.2) is 46.9 Å². The van der Waals surface area contributed by atoms with Crippen LogP contribution in [0.15, 0.2) is 66.7 Å². The highest BCUT2D eigenvalue weighted by Crippen LogP contribution is 2.34. The van der Waals surface area contributed by atoms with Gasteiger partial charge in [0, 0.05) is 30.6 Å². The van der Waals surface area contributed by atoms with Crippen LogP contribution in [0.5, 0.6) is 11.5 Å². The fourth-order valence-electron chi connectivity index (χ4n) is 4.98. The molecule has 5 rings (SSSR count). The number of para-hydroxylation sites is 3. The van der Waals surface area contributed by atoms with E-state index >= 15 is 0 Å². The summed E-state index contributed by atoms with van der Waals surface area (Å²) in [4.78, 5) is 19.7. The van der Waals surface area contributed by atoms with Gasteiger partial charge in [-0.05, 0) is 49.2 Å². The van der Waals surface area contributed by atoms with E-state index in [9.17, 15) is 9.90 Å². The summed E-state index contributed by atoms with van der Waals surface area (Å²) in [5, 5.41) is 11.0. The van der Waals surface area contributed by atoms with E-state index in [-0.39, 0.29) is 18.4 Å². The largest absolute Gasteiger partial charge is 0.497 e. The lowest BCUT2D eigenvalue weighted by atomic mass is 10.1. The summed E-state index contributed by atoms with van der Waals surface area (Å²) < 4.78 is 13.4. The van der Waals surface area contributed by atoms with E-state index in [0.29, 0.717) is 25.3 Å². The standard InChI is InChI=1S/C29H31N3O4/c1-19-8-6-9-20(2)28(19)36-18-23(33)17-32-26-13-5-4-12-25(26)30-29(32)21-14-27(34)31(16-21)22-10-7-11-24(15-22)35-3/h4-13,15,21,23,33H,14,16-18H2,1-3H3/t21-,23+/m1/s1. The van der Waals surface area contributed by atoms with Gasteiger partial charge in [0.05, 0.1) is 24.7 Å². The molecule has 1 amide bonds. The van der Waals surface area contributed by atoms with Crippen molar-refractivity contribution in [3.05, 3.63) is 83.7 Å². The van der Waals surface area contributed by atoms with Gasteiger partial charge in [0.25, 0.3) is 0 Å². The Bertz CT molecular complexity index is 1380.